The van der Waals surface area contributed by atoms with Crippen molar-refractivity contribution in [1.82, 2.24) is 24.2 Å². The molecular formula is C26H29N5OS. The summed E-state index contributed by atoms with van der Waals surface area (Å²) in [5, 5.41) is 5.16. The Bertz CT molecular complexity index is 1360. The third kappa shape index (κ3) is 3.73. The van der Waals surface area contributed by atoms with Gasteiger partial charge in [-0.15, -0.1) is 11.3 Å². The summed E-state index contributed by atoms with van der Waals surface area (Å²) < 4.78 is 3.77. The third-order valence-electron chi connectivity index (χ3n) is 7.53. The van der Waals surface area contributed by atoms with Crippen LogP contribution in [-0.2, 0) is 39.2 Å². The van der Waals surface area contributed by atoms with Gasteiger partial charge in [0, 0.05) is 36.8 Å². The van der Waals surface area contributed by atoms with E-state index in [1.165, 1.54) is 27.1 Å². The zero-order chi connectivity index (χ0) is 22.5. The first-order chi connectivity index (χ1) is 16.1. The van der Waals surface area contributed by atoms with Crippen molar-refractivity contribution in [2.45, 2.75) is 50.6 Å². The van der Waals surface area contributed by atoms with Crippen molar-refractivity contribution >= 4 is 21.6 Å². The quantitative estimate of drug-likeness (QED) is 0.458. The number of rotatable bonds is 5. The molecule has 2 aliphatic carbocycles. The number of likely N-dealkylation sites (N-methyl/N-ethyl adjacent to an activating group) is 1. The Kier molecular flexibility index (Phi) is 5.18. The number of aromatic nitrogens is 4. The topological polar surface area (TPSA) is 56.0 Å². The maximum absolute atomic E-state index is 13.6. The first kappa shape index (κ1) is 20.8. The second kappa shape index (κ2) is 8.22. The van der Waals surface area contributed by atoms with Crippen LogP contribution in [0.25, 0.3) is 10.2 Å². The van der Waals surface area contributed by atoms with E-state index < -0.39 is 0 Å². The molecule has 170 valence electrons. The van der Waals surface area contributed by atoms with Crippen molar-refractivity contribution in [3.8, 4) is 0 Å². The average molecular weight is 460 g/mol. The van der Waals surface area contributed by atoms with Crippen LogP contribution in [0.15, 0.2) is 47.8 Å². The first-order valence-electron chi connectivity index (χ1n) is 11.8. The lowest BCUT2D eigenvalue weighted by Crippen LogP contribution is -2.37. The fraction of sp³-hybridized carbons (Fsp3) is 0.423. The van der Waals surface area contributed by atoms with Gasteiger partial charge in [0.2, 0.25) is 0 Å². The molecule has 1 atom stereocenters. The molecule has 0 radical (unpaired) electrons. The summed E-state index contributed by atoms with van der Waals surface area (Å²) in [6, 6.07) is 9.23. The minimum atomic E-state index is 0.152. The molecule has 0 N–H and O–H groups in total. The molecule has 4 aromatic rings. The van der Waals surface area contributed by atoms with Crippen molar-refractivity contribution in [3.05, 3.63) is 80.5 Å². The Morgan fingerprint density at radius 1 is 1.18 bits per heavy atom. The summed E-state index contributed by atoms with van der Waals surface area (Å²) in [6.45, 7) is 1.02. The molecule has 3 heterocycles. The summed E-state index contributed by atoms with van der Waals surface area (Å²) in [6.07, 6.45) is 11.7. The largest absolute Gasteiger partial charge is 0.303 e. The van der Waals surface area contributed by atoms with Gasteiger partial charge in [0.1, 0.15) is 4.83 Å². The van der Waals surface area contributed by atoms with Gasteiger partial charge in [-0.25, -0.2) is 4.98 Å². The van der Waals surface area contributed by atoms with Crippen molar-refractivity contribution in [1.29, 1.82) is 0 Å². The lowest BCUT2D eigenvalue weighted by Gasteiger charge is -2.31. The molecule has 2 aliphatic rings. The standard InChI is InChI=1S/C26H29N5OS/c1-29(10-9-17-14-28-30(2)15-17)20-7-8-22-23(13-20)33-25-24(22)26(32)31(16-27-25)21-11-18-5-3-4-6-19(18)12-21/h3-6,14-16,20-21H,7-13H2,1-2H3. The van der Waals surface area contributed by atoms with E-state index >= 15 is 0 Å². The Balaban J connectivity index is 1.22. The van der Waals surface area contributed by atoms with Gasteiger partial charge in [-0.3, -0.25) is 14.0 Å². The van der Waals surface area contributed by atoms with Gasteiger partial charge in [0.15, 0.2) is 0 Å². The number of hydrogen-bond donors (Lipinski definition) is 0. The highest BCUT2D eigenvalue weighted by Gasteiger charge is 2.29. The molecule has 0 saturated heterocycles. The highest BCUT2D eigenvalue weighted by Crippen LogP contribution is 2.36. The number of thiophene rings is 1. The van der Waals surface area contributed by atoms with Crippen LogP contribution in [0.2, 0.25) is 0 Å². The zero-order valence-corrected chi connectivity index (χ0v) is 20.0. The van der Waals surface area contributed by atoms with E-state index in [4.69, 9.17) is 4.98 Å². The van der Waals surface area contributed by atoms with E-state index in [0.717, 1.165) is 55.3 Å². The van der Waals surface area contributed by atoms with Crippen molar-refractivity contribution in [2.24, 2.45) is 7.05 Å². The number of nitrogens with zero attached hydrogens (tertiary/aromatic N) is 5. The molecule has 0 spiro atoms. The zero-order valence-electron chi connectivity index (χ0n) is 19.2. The number of benzene rings is 1. The fourth-order valence-electron chi connectivity index (χ4n) is 5.62. The van der Waals surface area contributed by atoms with E-state index in [-0.39, 0.29) is 11.6 Å². The smallest absolute Gasteiger partial charge is 0.262 e. The highest BCUT2D eigenvalue weighted by molar-refractivity contribution is 7.18. The Morgan fingerprint density at radius 3 is 2.70 bits per heavy atom. The normalized spacial score (nSPS) is 18.2. The third-order valence-corrected chi connectivity index (χ3v) is 8.69. The molecule has 1 unspecified atom stereocenters. The van der Waals surface area contributed by atoms with E-state index in [2.05, 4.69) is 47.5 Å². The number of fused-ring (bicyclic) bond motifs is 4. The van der Waals surface area contributed by atoms with E-state index in [9.17, 15) is 4.79 Å². The molecule has 1 aromatic carbocycles. The van der Waals surface area contributed by atoms with Crippen LogP contribution in [0.4, 0.5) is 0 Å². The van der Waals surface area contributed by atoms with E-state index in [0.29, 0.717) is 6.04 Å². The molecule has 7 heteroatoms. The number of hydrogen-bond acceptors (Lipinski definition) is 5. The Morgan fingerprint density at radius 2 is 1.97 bits per heavy atom. The summed E-state index contributed by atoms with van der Waals surface area (Å²) >= 11 is 1.73. The van der Waals surface area contributed by atoms with Gasteiger partial charge >= 0.3 is 0 Å². The monoisotopic (exact) mass is 459 g/mol. The molecule has 0 amide bonds. The maximum atomic E-state index is 13.6. The lowest BCUT2D eigenvalue weighted by molar-refractivity contribution is 0.226. The van der Waals surface area contributed by atoms with Gasteiger partial charge in [-0.2, -0.15) is 5.10 Å². The predicted octanol–water partition coefficient (Wildman–Crippen LogP) is 3.56. The molecule has 33 heavy (non-hydrogen) atoms. The molecule has 3 aromatic heterocycles. The van der Waals surface area contributed by atoms with Gasteiger partial charge < -0.3 is 4.90 Å². The first-order valence-corrected chi connectivity index (χ1v) is 12.6. The fourth-order valence-corrected chi connectivity index (χ4v) is 6.87. The van der Waals surface area contributed by atoms with Crippen LogP contribution < -0.4 is 5.56 Å². The van der Waals surface area contributed by atoms with Crippen molar-refractivity contribution in [2.75, 3.05) is 13.6 Å². The molecular weight excluding hydrogens is 430 g/mol. The lowest BCUT2D eigenvalue weighted by atomic mass is 9.92. The molecule has 0 bridgehead atoms. The predicted molar refractivity (Wildman–Crippen MR) is 132 cm³/mol. The molecule has 6 nitrogen and oxygen atoms in total. The second-order valence-electron chi connectivity index (χ2n) is 9.62. The molecule has 6 rings (SSSR count). The Hall–Kier alpha value is -2.77. The summed E-state index contributed by atoms with van der Waals surface area (Å²) in [7, 11) is 4.19. The van der Waals surface area contributed by atoms with Crippen LogP contribution in [0.3, 0.4) is 0 Å². The van der Waals surface area contributed by atoms with Gasteiger partial charge in [0.25, 0.3) is 5.56 Å². The van der Waals surface area contributed by atoms with Crippen LogP contribution in [0.1, 0.15) is 39.6 Å². The minimum absolute atomic E-state index is 0.152. The van der Waals surface area contributed by atoms with Gasteiger partial charge in [-0.05, 0) is 67.8 Å². The van der Waals surface area contributed by atoms with Crippen molar-refractivity contribution in [3.63, 3.8) is 0 Å². The molecule has 0 saturated carbocycles. The number of aryl methyl sites for hydroxylation is 2. The Labute approximate surface area is 197 Å². The van der Waals surface area contributed by atoms with Gasteiger partial charge in [-0.1, -0.05) is 24.3 Å². The summed E-state index contributed by atoms with van der Waals surface area (Å²) in [5.74, 6) is 0. The summed E-state index contributed by atoms with van der Waals surface area (Å²) in [5.41, 5.74) is 5.41. The SMILES string of the molecule is CN(CCc1cnn(C)c1)C1CCc2c(sc3ncn(C4Cc5ccccc5C4)c(=O)c23)C1. The molecule has 0 aliphatic heterocycles. The minimum Gasteiger partial charge on any atom is -0.303 e. The van der Waals surface area contributed by atoms with Crippen LogP contribution in [0.5, 0.6) is 0 Å². The maximum Gasteiger partial charge on any atom is 0.262 e. The van der Waals surface area contributed by atoms with Crippen LogP contribution in [0, 0.1) is 0 Å². The second-order valence-corrected chi connectivity index (χ2v) is 10.7. The van der Waals surface area contributed by atoms with Crippen LogP contribution >= 0.6 is 11.3 Å². The summed E-state index contributed by atoms with van der Waals surface area (Å²) in [4.78, 5) is 23.1. The van der Waals surface area contributed by atoms with Crippen LogP contribution in [-0.4, -0.2) is 43.9 Å². The highest BCUT2D eigenvalue weighted by atomic mass is 32.1. The van der Waals surface area contributed by atoms with Gasteiger partial charge in [0.05, 0.1) is 17.9 Å². The average Bonchev–Trinajstić information content (AvgIpc) is 3.53. The van der Waals surface area contributed by atoms with E-state index in [1.54, 1.807) is 17.7 Å². The van der Waals surface area contributed by atoms with Crippen molar-refractivity contribution < 1.29 is 0 Å². The molecule has 0 fully saturated rings. The van der Waals surface area contributed by atoms with E-state index in [1.807, 2.05) is 22.5 Å².